The summed E-state index contributed by atoms with van der Waals surface area (Å²) in [5.74, 6) is 1.61. The summed E-state index contributed by atoms with van der Waals surface area (Å²) in [5.41, 5.74) is 1.11. The maximum absolute atomic E-state index is 14.2. The molecule has 3 aromatic rings. The van der Waals surface area contributed by atoms with E-state index in [9.17, 15) is 4.57 Å². The van der Waals surface area contributed by atoms with Crippen LogP contribution in [0.2, 0.25) is 0 Å². The molecule has 0 spiro atoms. The molecule has 0 saturated carbocycles. The van der Waals surface area contributed by atoms with E-state index in [0.29, 0.717) is 55.4 Å². The molecule has 7 nitrogen and oxygen atoms in total. The Morgan fingerprint density at radius 3 is 2.40 bits per heavy atom. The van der Waals surface area contributed by atoms with Crippen LogP contribution in [0.1, 0.15) is 6.92 Å². The summed E-state index contributed by atoms with van der Waals surface area (Å²) < 4.78 is 37.0. The van der Waals surface area contributed by atoms with Crippen LogP contribution in [0.5, 0.6) is 5.75 Å². The Morgan fingerprint density at radius 1 is 1.07 bits per heavy atom. The van der Waals surface area contributed by atoms with Gasteiger partial charge in [0.2, 0.25) is 11.8 Å². The maximum Gasteiger partial charge on any atom is 0.284 e. The van der Waals surface area contributed by atoms with Gasteiger partial charge >= 0.3 is 0 Å². The molecule has 1 saturated heterocycles. The highest BCUT2D eigenvalue weighted by Crippen LogP contribution is 2.47. The molecular weight excluding hydrogens is 403 g/mol. The number of methoxy groups -OCH3 is 1. The Bertz CT molecular complexity index is 1010. The summed E-state index contributed by atoms with van der Waals surface area (Å²) in [5, 5.41) is 0.593. The lowest BCUT2D eigenvalue weighted by Gasteiger charge is -2.28. The minimum absolute atomic E-state index is 0.291. The first kappa shape index (κ1) is 20.7. The molecule has 1 unspecified atom stereocenters. The fourth-order valence-corrected chi connectivity index (χ4v) is 5.49. The number of ether oxygens (including phenoxy) is 2. The fourth-order valence-electron chi connectivity index (χ4n) is 3.39. The molecular formula is C22H25N2O5P. The summed E-state index contributed by atoms with van der Waals surface area (Å²) >= 11 is 0. The standard InChI is InChI=1S/C22H25N2O5P/c1-3-28-30(25,19-7-5-4-6-8-19)21-22(24-13-15-27-16-14-24)29-20(23-21)17-9-11-18(26-2)12-10-17/h4-12H,3,13-16H2,1-2H3. The molecule has 0 N–H and O–H groups in total. The topological polar surface area (TPSA) is 74.0 Å². The number of hydrogen-bond acceptors (Lipinski definition) is 7. The summed E-state index contributed by atoms with van der Waals surface area (Å²) in [4.78, 5) is 6.72. The second kappa shape index (κ2) is 9.04. The van der Waals surface area contributed by atoms with E-state index in [2.05, 4.69) is 0 Å². The van der Waals surface area contributed by atoms with Gasteiger partial charge in [-0.15, -0.1) is 0 Å². The zero-order valence-electron chi connectivity index (χ0n) is 17.1. The van der Waals surface area contributed by atoms with Crippen molar-refractivity contribution in [3.8, 4) is 17.2 Å². The van der Waals surface area contributed by atoms with Gasteiger partial charge in [-0.05, 0) is 43.3 Å². The van der Waals surface area contributed by atoms with E-state index in [4.69, 9.17) is 23.4 Å². The fraction of sp³-hybridized carbons (Fsp3) is 0.318. The Balaban J connectivity index is 1.85. The van der Waals surface area contributed by atoms with Crippen LogP contribution in [-0.4, -0.2) is 45.0 Å². The molecule has 1 aromatic heterocycles. The number of morpholine rings is 1. The average Bonchev–Trinajstić information content (AvgIpc) is 3.27. The molecule has 4 rings (SSSR count). The van der Waals surface area contributed by atoms with Gasteiger partial charge in [0.25, 0.3) is 7.37 Å². The molecule has 0 bridgehead atoms. The molecule has 30 heavy (non-hydrogen) atoms. The van der Waals surface area contributed by atoms with Crippen LogP contribution in [-0.2, 0) is 13.8 Å². The van der Waals surface area contributed by atoms with Crippen molar-refractivity contribution in [3.05, 3.63) is 54.6 Å². The first-order valence-electron chi connectivity index (χ1n) is 9.94. The van der Waals surface area contributed by atoms with Crippen LogP contribution >= 0.6 is 7.37 Å². The smallest absolute Gasteiger partial charge is 0.284 e. The number of oxazole rings is 1. The van der Waals surface area contributed by atoms with Crippen molar-refractivity contribution in [1.82, 2.24) is 4.98 Å². The average molecular weight is 428 g/mol. The van der Waals surface area contributed by atoms with Crippen molar-refractivity contribution < 1.29 is 23.0 Å². The Labute approximate surface area is 176 Å². The monoisotopic (exact) mass is 428 g/mol. The lowest BCUT2D eigenvalue weighted by Crippen LogP contribution is -2.39. The zero-order valence-corrected chi connectivity index (χ0v) is 18.0. The predicted molar refractivity (Wildman–Crippen MR) is 116 cm³/mol. The SMILES string of the molecule is CCOP(=O)(c1ccccc1)c1nc(-c2ccc(OC)cc2)oc1N1CCOCC1. The molecule has 1 aliphatic rings. The Hall–Kier alpha value is -2.60. The number of rotatable bonds is 7. The van der Waals surface area contributed by atoms with Crippen LogP contribution in [0.25, 0.3) is 11.5 Å². The predicted octanol–water partition coefficient (Wildman–Crippen LogP) is 3.45. The summed E-state index contributed by atoms with van der Waals surface area (Å²) in [7, 11) is -1.84. The van der Waals surface area contributed by atoms with E-state index in [1.54, 1.807) is 19.2 Å². The van der Waals surface area contributed by atoms with Crippen LogP contribution in [0.4, 0.5) is 5.88 Å². The highest BCUT2D eigenvalue weighted by molar-refractivity contribution is 7.74. The minimum atomic E-state index is -3.46. The number of nitrogens with zero attached hydrogens (tertiary/aromatic N) is 2. The van der Waals surface area contributed by atoms with Crippen molar-refractivity contribution >= 4 is 24.0 Å². The summed E-state index contributed by atoms with van der Waals surface area (Å²) in [6, 6.07) is 16.6. The van der Waals surface area contributed by atoms with E-state index in [-0.39, 0.29) is 0 Å². The van der Waals surface area contributed by atoms with Crippen molar-refractivity contribution in [2.75, 3.05) is 44.9 Å². The first-order valence-corrected chi connectivity index (χ1v) is 11.6. The van der Waals surface area contributed by atoms with Gasteiger partial charge in [-0.2, -0.15) is 0 Å². The molecule has 0 aliphatic carbocycles. The number of benzene rings is 2. The van der Waals surface area contributed by atoms with Gasteiger partial charge in [0.05, 0.1) is 26.9 Å². The van der Waals surface area contributed by atoms with Crippen molar-refractivity contribution in [1.29, 1.82) is 0 Å². The molecule has 1 atom stereocenters. The maximum atomic E-state index is 14.2. The molecule has 8 heteroatoms. The molecule has 0 amide bonds. The lowest BCUT2D eigenvalue weighted by atomic mass is 10.2. The van der Waals surface area contributed by atoms with Gasteiger partial charge in [-0.25, -0.2) is 4.98 Å². The van der Waals surface area contributed by atoms with Crippen molar-refractivity contribution in [2.45, 2.75) is 6.92 Å². The number of aromatic nitrogens is 1. The van der Waals surface area contributed by atoms with Crippen molar-refractivity contribution in [2.24, 2.45) is 0 Å². The van der Waals surface area contributed by atoms with E-state index in [1.807, 2.05) is 54.3 Å². The van der Waals surface area contributed by atoms with Gasteiger partial charge in [0.1, 0.15) is 5.75 Å². The van der Waals surface area contributed by atoms with Gasteiger partial charge in [0, 0.05) is 24.0 Å². The van der Waals surface area contributed by atoms with Gasteiger partial charge in [0.15, 0.2) is 5.44 Å². The molecule has 0 radical (unpaired) electrons. The summed E-state index contributed by atoms with van der Waals surface area (Å²) in [6.45, 7) is 4.52. The third kappa shape index (κ3) is 4.01. The van der Waals surface area contributed by atoms with E-state index < -0.39 is 7.37 Å². The molecule has 1 aliphatic heterocycles. The van der Waals surface area contributed by atoms with E-state index >= 15 is 0 Å². The quantitative estimate of drug-likeness (QED) is 0.534. The Morgan fingerprint density at radius 2 is 1.77 bits per heavy atom. The molecule has 1 fully saturated rings. The van der Waals surface area contributed by atoms with Gasteiger partial charge < -0.3 is 23.3 Å². The van der Waals surface area contributed by atoms with Crippen molar-refractivity contribution in [3.63, 3.8) is 0 Å². The summed E-state index contributed by atoms with van der Waals surface area (Å²) in [6.07, 6.45) is 0. The molecule has 2 heterocycles. The van der Waals surface area contributed by atoms with E-state index in [1.165, 1.54) is 0 Å². The number of anilines is 1. The molecule has 158 valence electrons. The highest BCUT2D eigenvalue weighted by atomic mass is 31.2. The second-order valence-corrected chi connectivity index (χ2v) is 9.08. The number of hydrogen-bond donors (Lipinski definition) is 0. The molecule has 2 aromatic carbocycles. The third-order valence-electron chi connectivity index (χ3n) is 4.91. The van der Waals surface area contributed by atoms with Crippen LogP contribution < -0.4 is 20.4 Å². The van der Waals surface area contributed by atoms with E-state index in [0.717, 1.165) is 11.3 Å². The largest absolute Gasteiger partial charge is 0.497 e. The van der Waals surface area contributed by atoms with Crippen LogP contribution in [0.3, 0.4) is 0 Å². The Kier molecular flexibility index (Phi) is 6.23. The van der Waals surface area contributed by atoms with Gasteiger partial charge in [-0.1, -0.05) is 18.2 Å². The first-order chi connectivity index (χ1) is 14.7. The van der Waals surface area contributed by atoms with Crippen LogP contribution in [0.15, 0.2) is 59.0 Å². The lowest BCUT2D eigenvalue weighted by molar-refractivity contribution is 0.121. The zero-order chi connectivity index (χ0) is 21.0. The van der Waals surface area contributed by atoms with Crippen LogP contribution in [0, 0.1) is 0 Å². The minimum Gasteiger partial charge on any atom is -0.497 e. The second-order valence-electron chi connectivity index (χ2n) is 6.78. The third-order valence-corrected chi connectivity index (χ3v) is 7.36. The van der Waals surface area contributed by atoms with Gasteiger partial charge in [-0.3, -0.25) is 4.57 Å². The normalized spacial score (nSPS) is 16.3. The highest BCUT2D eigenvalue weighted by Gasteiger charge is 2.38.